The largest absolute Gasteiger partial charge is 0.495 e. The lowest BCUT2D eigenvalue weighted by Gasteiger charge is -2.20. The van der Waals surface area contributed by atoms with Gasteiger partial charge in [0.1, 0.15) is 5.75 Å². The highest BCUT2D eigenvalue weighted by molar-refractivity contribution is 5.81. The Balaban J connectivity index is 2.80. The van der Waals surface area contributed by atoms with E-state index in [9.17, 15) is 4.79 Å². The summed E-state index contributed by atoms with van der Waals surface area (Å²) in [4.78, 5) is 12.8. The first-order valence-corrected chi connectivity index (χ1v) is 4.52. The smallest absolute Gasteiger partial charge is 0.253 e. The number of anilines is 1. The molecule has 0 aromatic heterocycles. The molecule has 0 saturated carbocycles. The number of nitrogens with one attached hydrogen (secondary N) is 1. The predicted octanol–water partition coefficient (Wildman–Crippen LogP) is 0.121. The second-order valence-electron chi connectivity index (χ2n) is 3.10. The van der Waals surface area contributed by atoms with Crippen LogP contribution >= 0.6 is 0 Å². The highest BCUT2D eigenvalue weighted by Gasteiger charge is 2.09. The number of para-hydroxylation sites is 2. The van der Waals surface area contributed by atoms with Crippen molar-refractivity contribution < 1.29 is 9.53 Å². The average Bonchev–Trinajstić information content (AvgIpc) is 2.28. The number of hydrogen-bond acceptors (Lipinski definition) is 4. The average molecular weight is 209 g/mol. The fraction of sp³-hybridized carbons (Fsp3) is 0.300. The van der Waals surface area contributed by atoms with Gasteiger partial charge in [0.15, 0.2) is 0 Å². The Labute approximate surface area is 88.8 Å². The molecule has 15 heavy (non-hydrogen) atoms. The molecule has 82 valence electrons. The molecular weight excluding hydrogens is 194 g/mol. The van der Waals surface area contributed by atoms with Gasteiger partial charge in [0.25, 0.3) is 5.91 Å². The van der Waals surface area contributed by atoms with E-state index >= 15 is 0 Å². The molecule has 1 amide bonds. The van der Waals surface area contributed by atoms with Gasteiger partial charge in [-0.3, -0.25) is 10.2 Å². The minimum absolute atomic E-state index is 0.191. The van der Waals surface area contributed by atoms with Gasteiger partial charge < -0.3 is 9.64 Å². The van der Waals surface area contributed by atoms with Crippen LogP contribution in [0.4, 0.5) is 5.69 Å². The van der Waals surface area contributed by atoms with E-state index in [2.05, 4.69) is 5.43 Å². The van der Waals surface area contributed by atoms with Crippen LogP contribution in [-0.4, -0.2) is 26.6 Å². The van der Waals surface area contributed by atoms with Gasteiger partial charge >= 0.3 is 0 Å². The standard InChI is InChI=1S/C10H15N3O2/c1-13(7-10(14)12-11)8-5-3-4-6-9(8)15-2/h3-6H,7,11H2,1-2H3,(H,12,14). The second-order valence-corrected chi connectivity index (χ2v) is 3.10. The van der Waals surface area contributed by atoms with Crippen molar-refractivity contribution in [3.63, 3.8) is 0 Å². The molecule has 0 atom stereocenters. The van der Waals surface area contributed by atoms with E-state index in [1.165, 1.54) is 0 Å². The molecule has 1 aromatic rings. The van der Waals surface area contributed by atoms with Crippen LogP contribution in [0, 0.1) is 0 Å². The molecule has 0 radical (unpaired) electrons. The van der Waals surface area contributed by atoms with Crippen LogP contribution in [0.25, 0.3) is 0 Å². The molecule has 5 nitrogen and oxygen atoms in total. The van der Waals surface area contributed by atoms with Crippen molar-refractivity contribution in [1.29, 1.82) is 0 Å². The quantitative estimate of drug-likeness (QED) is 0.420. The van der Waals surface area contributed by atoms with Crippen molar-refractivity contribution in [2.75, 3.05) is 25.6 Å². The highest BCUT2D eigenvalue weighted by Crippen LogP contribution is 2.25. The van der Waals surface area contributed by atoms with E-state index in [1.807, 2.05) is 24.3 Å². The molecule has 1 rings (SSSR count). The Morgan fingerprint density at radius 1 is 1.53 bits per heavy atom. The van der Waals surface area contributed by atoms with Crippen molar-refractivity contribution >= 4 is 11.6 Å². The second kappa shape index (κ2) is 5.21. The molecule has 0 bridgehead atoms. The lowest BCUT2D eigenvalue weighted by atomic mass is 10.2. The van der Waals surface area contributed by atoms with E-state index in [1.54, 1.807) is 19.1 Å². The Morgan fingerprint density at radius 3 is 2.80 bits per heavy atom. The number of rotatable bonds is 4. The van der Waals surface area contributed by atoms with Gasteiger partial charge in [-0.05, 0) is 12.1 Å². The maximum Gasteiger partial charge on any atom is 0.253 e. The molecule has 5 heteroatoms. The minimum atomic E-state index is -0.247. The van der Waals surface area contributed by atoms with E-state index < -0.39 is 0 Å². The van der Waals surface area contributed by atoms with Crippen LogP contribution in [0.2, 0.25) is 0 Å². The maximum atomic E-state index is 11.1. The van der Waals surface area contributed by atoms with Gasteiger partial charge in [-0.1, -0.05) is 12.1 Å². The van der Waals surface area contributed by atoms with Crippen LogP contribution < -0.4 is 20.9 Å². The number of hydrazine groups is 1. The fourth-order valence-electron chi connectivity index (χ4n) is 1.29. The number of nitrogens with zero attached hydrogens (tertiary/aromatic N) is 1. The van der Waals surface area contributed by atoms with Crippen LogP contribution in [0.3, 0.4) is 0 Å². The number of nitrogens with two attached hydrogens (primary N) is 1. The monoisotopic (exact) mass is 209 g/mol. The number of ether oxygens (including phenoxy) is 1. The fourth-order valence-corrected chi connectivity index (χ4v) is 1.29. The Bertz CT molecular complexity index is 341. The zero-order valence-electron chi connectivity index (χ0n) is 8.86. The third kappa shape index (κ3) is 2.85. The first-order valence-electron chi connectivity index (χ1n) is 4.52. The highest BCUT2D eigenvalue weighted by atomic mass is 16.5. The van der Waals surface area contributed by atoms with Crippen molar-refractivity contribution in [3.05, 3.63) is 24.3 Å². The predicted molar refractivity (Wildman–Crippen MR) is 58.6 cm³/mol. The Morgan fingerprint density at radius 2 is 2.20 bits per heavy atom. The summed E-state index contributed by atoms with van der Waals surface area (Å²) in [6.45, 7) is 0.191. The molecular formula is C10H15N3O2. The third-order valence-electron chi connectivity index (χ3n) is 2.04. The summed E-state index contributed by atoms with van der Waals surface area (Å²) in [7, 11) is 3.39. The minimum Gasteiger partial charge on any atom is -0.495 e. The van der Waals surface area contributed by atoms with Crippen molar-refractivity contribution in [1.82, 2.24) is 5.43 Å². The first-order chi connectivity index (χ1) is 7.19. The first kappa shape index (κ1) is 11.3. The van der Waals surface area contributed by atoms with Crippen molar-refractivity contribution in [2.45, 2.75) is 0 Å². The van der Waals surface area contributed by atoms with Gasteiger partial charge in [0, 0.05) is 7.05 Å². The molecule has 0 fully saturated rings. The van der Waals surface area contributed by atoms with Gasteiger partial charge in [-0.25, -0.2) is 5.84 Å². The van der Waals surface area contributed by atoms with Crippen LogP contribution in [-0.2, 0) is 4.79 Å². The number of hydrogen-bond donors (Lipinski definition) is 2. The molecule has 0 aliphatic heterocycles. The van der Waals surface area contributed by atoms with Crippen LogP contribution in [0.1, 0.15) is 0 Å². The van der Waals surface area contributed by atoms with E-state index in [-0.39, 0.29) is 12.5 Å². The maximum absolute atomic E-state index is 11.1. The van der Waals surface area contributed by atoms with Gasteiger partial charge in [0.2, 0.25) is 0 Å². The topological polar surface area (TPSA) is 67.6 Å². The van der Waals surface area contributed by atoms with E-state index in [0.29, 0.717) is 0 Å². The third-order valence-corrected chi connectivity index (χ3v) is 2.04. The Hall–Kier alpha value is -1.75. The molecule has 0 heterocycles. The summed E-state index contributed by atoms with van der Waals surface area (Å²) < 4.78 is 5.18. The number of likely N-dealkylation sites (N-methyl/N-ethyl adjacent to an activating group) is 1. The zero-order chi connectivity index (χ0) is 11.3. The summed E-state index contributed by atoms with van der Waals surface area (Å²) in [5.74, 6) is 5.49. The molecule has 0 unspecified atom stereocenters. The van der Waals surface area contributed by atoms with Gasteiger partial charge in [0.05, 0.1) is 19.3 Å². The van der Waals surface area contributed by atoms with Gasteiger partial charge in [-0.2, -0.15) is 0 Å². The van der Waals surface area contributed by atoms with Gasteiger partial charge in [-0.15, -0.1) is 0 Å². The molecule has 0 saturated heterocycles. The normalized spacial score (nSPS) is 9.53. The SMILES string of the molecule is COc1ccccc1N(C)CC(=O)NN. The molecule has 0 spiro atoms. The molecule has 1 aromatic carbocycles. The lowest BCUT2D eigenvalue weighted by molar-refractivity contribution is -0.119. The summed E-state index contributed by atoms with van der Waals surface area (Å²) in [5.41, 5.74) is 2.93. The molecule has 3 N–H and O–H groups in total. The van der Waals surface area contributed by atoms with E-state index in [0.717, 1.165) is 11.4 Å². The molecule has 0 aliphatic rings. The zero-order valence-corrected chi connectivity index (χ0v) is 8.86. The number of methoxy groups -OCH3 is 1. The van der Waals surface area contributed by atoms with Crippen LogP contribution in [0.15, 0.2) is 24.3 Å². The Kier molecular flexibility index (Phi) is 3.93. The van der Waals surface area contributed by atoms with Crippen molar-refractivity contribution in [3.8, 4) is 5.75 Å². The summed E-state index contributed by atoms with van der Waals surface area (Å²) >= 11 is 0. The lowest BCUT2D eigenvalue weighted by Crippen LogP contribution is -2.39. The number of amides is 1. The summed E-state index contributed by atoms with van der Waals surface area (Å²) in [6, 6.07) is 7.47. The van der Waals surface area contributed by atoms with Crippen LogP contribution in [0.5, 0.6) is 5.75 Å². The van der Waals surface area contributed by atoms with Crippen molar-refractivity contribution in [2.24, 2.45) is 5.84 Å². The number of carbonyl (C=O) groups excluding carboxylic acids is 1. The molecule has 0 aliphatic carbocycles. The number of carbonyl (C=O) groups is 1. The summed E-state index contributed by atoms with van der Waals surface area (Å²) in [6.07, 6.45) is 0. The number of benzene rings is 1. The summed E-state index contributed by atoms with van der Waals surface area (Å²) in [5, 5.41) is 0. The van der Waals surface area contributed by atoms with E-state index in [4.69, 9.17) is 10.6 Å².